The van der Waals surface area contributed by atoms with Crippen LogP contribution in [0.3, 0.4) is 0 Å². The van der Waals surface area contributed by atoms with Crippen molar-refractivity contribution >= 4 is 46.9 Å². The van der Waals surface area contributed by atoms with E-state index in [1.807, 2.05) is 17.0 Å². The van der Waals surface area contributed by atoms with Crippen molar-refractivity contribution in [2.75, 3.05) is 49.9 Å². The molecule has 1 aromatic heterocycles. The first kappa shape index (κ1) is 40.5. The molecule has 0 aliphatic carbocycles. The fourth-order valence-corrected chi connectivity index (χ4v) is 8.21. The minimum atomic E-state index is -1.01. The molecule has 5 heterocycles. The van der Waals surface area contributed by atoms with Gasteiger partial charge in [0.25, 0.3) is 17.7 Å². The Morgan fingerprint density at radius 2 is 1.67 bits per heavy atom. The fraction of sp³-hybridized carbons (Fsp3) is 0.476. The number of amides is 6. The first-order chi connectivity index (χ1) is 28.1. The van der Waals surface area contributed by atoms with Gasteiger partial charge in [-0.15, -0.1) is 0 Å². The van der Waals surface area contributed by atoms with Gasteiger partial charge in [-0.05, 0) is 61.8 Å². The molecule has 1 unspecified atom stereocenters. The lowest BCUT2D eigenvalue weighted by Gasteiger charge is -2.32. The fourth-order valence-electron chi connectivity index (χ4n) is 8.21. The van der Waals surface area contributed by atoms with E-state index in [1.165, 1.54) is 17.5 Å². The third-order valence-corrected chi connectivity index (χ3v) is 11.4. The third-order valence-electron chi connectivity index (χ3n) is 11.4. The van der Waals surface area contributed by atoms with Crippen LogP contribution in [-0.2, 0) is 27.3 Å². The van der Waals surface area contributed by atoms with E-state index in [0.717, 1.165) is 62.9 Å². The molecular weight excluding hydrogens is 743 g/mol. The standard InChI is InChI=1S/C42H51N9O7/c52-30(25-49-19-15-27-8-4-5-9-28(27)24-49)23-44-39(55)33-22-35(46-26-45-33)47-29-16-20-50(21-17-29)37(54)12-3-1-2-6-18-43-32-11-7-10-31-38(32)42(58)51(41(31)57)34-13-14-36(53)48-40(34)56/h4-5,7-11,22,26,29-30,34,43,52H,1-3,6,12-21,23-25H2,(H,44,55)(H,45,46,47)(H,48,53,56)/t30-,34?/m0/s1. The molecule has 58 heavy (non-hydrogen) atoms. The second-order valence-corrected chi connectivity index (χ2v) is 15.5. The Hall–Kier alpha value is -5.74. The Labute approximate surface area is 337 Å². The summed E-state index contributed by atoms with van der Waals surface area (Å²) in [6, 6.07) is 14.1. The molecule has 16 heteroatoms. The van der Waals surface area contributed by atoms with Gasteiger partial charge in [0.05, 0.1) is 17.2 Å². The van der Waals surface area contributed by atoms with E-state index in [2.05, 4.69) is 48.3 Å². The smallest absolute Gasteiger partial charge is 0.270 e. The summed E-state index contributed by atoms with van der Waals surface area (Å²) in [5.41, 5.74) is 3.86. The van der Waals surface area contributed by atoms with Crippen LogP contribution in [0.25, 0.3) is 0 Å². The highest BCUT2D eigenvalue weighted by molar-refractivity contribution is 6.25. The number of hydrogen-bond acceptors (Lipinski definition) is 12. The summed E-state index contributed by atoms with van der Waals surface area (Å²) >= 11 is 0. The van der Waals surface area contributed by atoms with E-state index >= 15 is 0 Å². The molecule has 4 aliphatic rings. The Morgan fingerprint density at radius 1 is 0.879 bits per heavy atom. The number of unbranched alkanes of at least 4 members (excludes halogenated alkanes) is 3. The first-order valence-electron chi connectivity index (χ1n) is 20.3. The number of anilines is 2. The Kier molecular flexibility index (Phi) is 13.0. The van der Waals surface area contributed by atoms with Crippen LogP contribution in [0, 0.1) is 0 Å². The van der Waals surface area contributed by atoms with Gasteiger partial charge in [0, 0.05) is 76.5 Å². The average molecular weight is 794 g/mol. The number of benzene rings is 2. The monoisotopic (exact) mass is 793 g/mol. The van der Waals surface area contributed by atoms with E-state index in [1.54, 1.807) is 24.3 Å². The molecule has 2 aromatic carbocycles. The lowest BCUT2D eigenvalue weighted by atomic mass is 10.00. The zero-order valence-corrected chi connectivity index (χ0v) is 32.6. The molecule has 0 radical (unpaired) electrons. The van der Waals surface area contributed by atoms with E-state index in [9.17, 15) is 33.9 Å². The lowest BCUT2D eigenvalue weighted by Crippen LogP contribution is -2.54. The number of hydrogen-bond donors (Lipinski definition) is 5. The van der Waals surface area contributed by atoms with Gasteiger partial charge in [-0.3, -0.25) is 43.9 Å². The number of carbonyl (C=O) groups excluding carboxylic acids is 6. The number of aliphatic hydroxyl groups excluding tert-OH is 1. The van der Waals surface area contributed by atoms with E-state index in [0.29, 0.717) is 44.1 Å². The summed E-state index contributed by atoms with van der Waals surface area (Å²) in [7, 11) is 0. The molecule has 16 nitrogen and oxygen atoms in total. The van der Waals surface area contributed by atoms with Gasteiger partial charge in [0.2, 0.25) is 17.7 Å². The van der Waals surface area contributed by atoms with Crippen LogP contribution in [-0.4, -0.2) is 123 Å². The summed E-state index contributed by atoms with van der Waals surface area (Å²) < 4.78 is 0. The number of aromatic nitrogens is 2. The molecule has 4 aliphatic heterocycles. The van der Waals surface area contributed by atoms with Gasteiger partial charge in [0.15, 0.2) is 0 Å². The summed E-state index contributed by atoms with van der Waals surface area (Å²) in [5.74, 6) is -1.83. The van der Waals surface area contributed by atoms with Crippen molar-refractivity contribution in [3.05, 3.63) is 82.8 Å². The molecular formula is C42H51N9O7. The molecule has 2 atom stereocenters. The van der Waals surface area contributed by atoms with Crippen LogP contribution in [0.4, 0.5) is 11.5 Å². The molecule has 306 valence electrons. The number of fused-ring (bicyclic) bond motifs is 2. The van der Waals surface area contributed by atoms with Gasteiger partial charge in [-0.25, -0.2) is 9.97 Å². The third kappa shape index (κ3) is 9.68. The number of β-amino-alcohol motifs (C(OH)–C–C–N with tert-alkyl or cyclic N) is 1. The van der Waals surface area contributed by atoms with Crippen LogP contribution in [0.5, 0.6) is 0 Å². The SMILES string of the molecule is O=C1CCC(N2C(=O)c3cccc(NCCCCCCC(=O)N4CCC(Nc5cc(C(=O)NC[C@H](O)CN6CCc7ccccc7C6)ncn5)CC4)c3C2=O)C(=O)N1. The number of piperidine rings is 2. The summed E-state index contributed by atoms with van der Waals surface area (Å²) in [6.07, 6.45) is 7.04. The van der Waals surface area contributed by atoms with Gasteiger partial charge in [0.1, 0.15) is 23.9 Å². The average Bonchev–Trinajstić information content (AvgIpc) is 3.48. The molecule has 3 aromatic rings. The Balaban J connectivity index is 0.764. The highest BCUT2D eigenvalue weighted by Crippen LogP contribution is 2.32. The van der Waals surface area contributed by atoms with Crippen molar-refractivity contribution in [2.45, 2.75) is 88.9 Å². The van der Waals surface area contributed by atoms with Crippen molar-refractivity contribution < 1.29 is 33.9 Å². The van der Waals surface area contributed by atoms with Crippen molar-refractivity contribution in [3.63, 3.8) is 0 Å². The van der Waals surface area contributed by atoms with Crippen molar-refractivity contribution in [1.82, 2.24) is 35.3 Å². The minimum Gasteiger partial charge on any atom is -0.390 e. The van der Waals surface area contributed by atoms with Crippen molar-refractivity contribution in [3.8, 4) is 0 Å². The molecule has 0 bridgehead atoms. The van der Waals surface area contributed by atoms with Crippen molar-refractivity contribution in [1.29, 1.82) is 0 Å². The van der Waals surface area contributed by atoms with Crippen LogP contribution < -0.4 is 21.3 Å². The number of likely N-dealkylation sites (tertiary alicyclic amines) is 1. The van der Waals surface area contributed by atoms with Gasteiger partial charge in [-0.2, -0.15) is 0 Å². The number of nitrogens with one attached hydrogen (secondary N) is 4. The van der Waals surface area contributed by atoms with Crippen LogP contribution in [0.2, 0.25) is 0 Å². The quantitative estimate of drug-likeness (QED) is 0.105. The second kappa shape index (κ2) is 18.7. The maximum atomic E-state index is 13.3. The summed E-state index contributed by atoms with van der Waals surface area (Å²) in [4.78, 5) is 89.7. The number of carbonyl (C=O) groups is 6. The highest BCUT2D eigenvalue weighted by atomic mass is 16.3. The molecule has 5 N–H and O–H groups in total. The predicted molar refractivity (Wildman–Crippen MR) is 214 cm³/mol. The summed E-state index contributed by atoms with van der Waals surface area (Å²) in [5, 5.41) is 22.3. The van der Waals surface area contributed by atoms with E-state index in [4.69, 9.17) is 0 Å². The number of imide groups is 2. The molecule has 7 rings (SSSR count). The van der Waals surface area contributed by atoms with Gasteiger partial charge >= 0.3 is 0 Å². The van der Waals surface area contributed by atoms with Crippen LogP contribution in [0.15, 0.2) is 54.9 Å². The normalized spacial score (nSPS) is 19.0. The van der Waals surface area contributed by atoms with E-state index in [-0.39, 0.29) is 54.1 Å². The first-order valence-corrected chi connectivity index (χ1v) is 20.3. The predicted octanol–water partition coefficient (Wildman–Crippen LogP) is 2.49. The molecule has 0 spiro atoms. The Bertz CT molecular complexity index is 2040. The molecule has 2 fully saturated rings. The molecule has 2 saturated heterocycles. The van der Waals surface area contributed by atoms with Crippen LogP contribution >= 0.6 is 0 Å². The largest absolute Gasteiger partial charge is 0.390 e. The second-order valence-electron chi connectivity index (χ2n) is 15.5. The number of nitrogens with zero attached hydrogens (tertiary/aromatic N) is 5. The minimum absolute atomic E-state index is 0.0664. The number of aliphatic hydroxyl groups is 1. The number of rotatable bonds is 16. The zero-order chi connectivity index (χ0) is 40.6. The van der Waals surface area contributed by atoms with Gasteiger partial charge in [-0.1, -0.05) is 43.2 Å². The maximum Gasteiger partial charge on any atom is 0.270 e. The lowest BCUT2D eigenvalue weighted by molar-refractivity contribution is -0.136. The maximum absolute atomic E-state index is 13.3. The van der Waals surface area contributed by atoms with Crippen molar-refractivity contribution in [2.24, 2.45) is 0 Å². The van der Waals surface area contributed by atoms with Gasteiger partial charge < -0.3 is 26.0 Å². The Morgan fingerprint density at radius 3 is 2.48 bits per heavy atom. The highest BCUT2D eigenvalue weighted by Gasteiger charge is 2.45. The van der Waals surface area contributed by atoms with Crippen LogP contribution in [0.1, 0.15) is 100 Å². The molecule has 0 saturated carbocycles. The molecule has 6 amide bonds. The topological polar surface area (TPSA) is 206 Å². The van der Waals surface area contributed by atoms with E-state index < -0.39 is 35.8 Å². The summed E-state index contributed by atoms with van der Waals surface area (Å²) in [6.45, 7) is 4.06. The zero-order valence-electron chi connectivity index (χ0n) is 32.6.